The van der Waals surface area contributed by atoms with Gasteiger partial charge in [-0.25, -0.2) is 9.59 Å². The minimum absolute atomic E-state index is 0.219. The first-order valence-corrected chi connectivity index (χ1v) is 11.2. The molecule has 3 atom stereocenters. The molecule has 0 saturated carbocycles. The van der Waals surface area contributed by atoms with Crippen LogP contribution in [-0.2, 0) is 20.9 Å². The molecular weight excluding hydrogens is 530 g/mol. The first-order chi connectivity index (χ1) is 17.7. The lowest BCUT2D eigenvalue weighted by Crippen LogP contribution is -2.57. The van der Waals surface area contributed by atoms with Gasteiger partial charge in [0.15, 0.2) is 0 Å². The summed E-state index contributed by atoms with van der Waals surface area (Å²) in [5, 5.41) is 26.2. The highest BCUT2D eigenvalue weighted by atomic mass is 19.4. The van der Waals surface area contributed by atoms with Crippen LogP contribution in [0.15, 0.2) is 34.9 Å². The zero-order valence-electron chi connectivity index (χ0n) is 20.0. The van der Waals surface area contributed by atoms with Crippen LogP contribution >= 0.6 is 0 Å². The minimum atomic E-state index is -5.08. The van der Waals surface area contributed by atoms with Gasteiger partial charge in [0, 0.05) is 19.7 Å². The van der Waals surface area contributed by atoms with Crippen LogP contribution in [0.3, 0.4) is 0 Å². The number of nitrogens with zero attached hydrogens (tertiary/aromatic N) is 3. The van der Waals surface area contributed by atoms with Crippen molar-refractivity contribution in [3.63, 3.8) is 0 Å². The maximum absolute atomic E-state index is 10.6. The number of alkyl halides is 6. The second-order valence-electron chi connectivity index (χ2n) is 8.43. The number of piperidine rings is 1. The molecule has 16 heteroatoms. The summed E-state index contributed by atoms with van der Waals surface area (Å²) in [6.07, 6.45) is -5.82. The Hall–Kier alpha value is -3.40. The fourth-order valence-electron chi connectivity index (χ4n) is 3.84. The van der Waals surface area contributed by atoms with E-state index in [4.69, 9.17) is 29.0 Å². The number of ether oxygens (including phenoxy) is 1. The molecule has 0 aliphatic carbocycles. The molecule has 2 aromatic heterocycles. The maximum atomic E-state index is 10.6. The van der Waals surface area contributed by atoms with E-state index in [0.29, 0.717) is 5.92 Å². The number of nitrogens with one attached hydrogen (secondary N) is 1. The smallest absolute Gasteiger partial charge is 0.475 e. The summed E-state index contributed by atoms with van der Waals surface area (Å²) in [5.41, 5.74) is 0.926. The molecule has 38 heavy (non-hydrogen) atoms. The van der Waals surface area contributed by atoms with E-state index in [1.807, 2.05) is 31.2 Å². The van der Waals surface area contributed by atoms with Crippen LogP contribution in [0.25, 0.3) is 0 Å². The quantitative estimate of drug-likeness (QED) is 0.478. The van der Waals surface area contributed by atoms with E-state index in [9.17, 15) is 26.3 Å². The Kier molecular flexibility index (Phi) is 10.9. The number of aromatic nitrogens is 2. The van der Waals surface area contributed by atoms with Crippen molar-refractivity contribution in [2.24, 2.45) is 5.92 Å². The Morgan fingerprint density at radius 2 is 1.68 bits per heavy atom. The van der Waals surface area contributed by atoms with Crippen molar-refractivity contribution in [3.05, 3.63) is 42.0 Å². The number of carbonyl (C=O) groups is 2. The highest BCUT2D eigenvalue weighted by Crippen LogP contribution is 2.30. The molecule has 0 radical (unpaired) electrons. The Bertz CT molecular complexity index is 993. The molecule has 10 nitrogen and oxygen atoms in total. The normalized spacial score (nSPS) is 21.6. The lowest BCUT2D eigenvalue weighted by molar-refractivity contribution is -0.193. The highest BCUT2D eigenvalue weighted by Gasteiger charge is 2.40. The van der Waals surface area contributed by atoms with Crippen molar-refractivity contribution in [1.82, 2.24) is 15.1 Å². The number of carboxylic acids is 2. The molecule has 0 unspecified atom stereocenters. The zero-order valence-corrected chi connectivity index (χ0v) is 20.0. The first-order valence-electron chi connectivity index (χ1n) is 11.2. The molecule has 0 bridgehead atoms. The van der Waals surface area contributed by atoms with Crippen molar-refractivity contribution >= 4 is 17.8 Å². The third-order valence-electron chi connectivity index (χ3n) is 5.41. The van der Waals surface area contributed by atoms with Crippen molar-refractivity contribution in [2.75, 3.05) is 25.0 Å². The lowest BCUT2D eigenvalue weighted by atomic mass is 9.85. The third kappa shape index (κ3) is 10.2. The van der Waals surface area contributed by atoms with Crippen LogP contribution in [0.5, 0.6) is 0 Å². The van der Waals surface area contributed by atoms with Gasteiger partial charge in [-0.2, -0.15) is 31.4 Å². The van der Waals surface area contributed by atoms with Crippen molar-refractivity contribution < 1.29 is 55.3 Å². The summed E-state index contributed by atoms with van der Waals surface area (Å²) < 4.78 is 75.1. The van der Waals surface area contributed by atoms with E-state index in [1.165, 1.54) is 6.42 Å². The van der Waals surface area contributed by atoms with Gasteiger partial charge < -0.3 is 24.7 Å². The minimum Gasteiger partial charge on any atom is -0.475 e. The number of aliphatic carboxylic acids is 2. The van der Waals surface area contributed by atoms with Crippen molar-refractivity contribution in [2.45, 2.75) is 50.8 Å². The van der Waals surface area contributed by atoms with E-state index < -0.39 is 24.3 Å². The number of anilines is 1. The van der Waals surface area contributed by atoms with E-state index in [-0.39, 0.29) is 12.1 Å². The Morgan fingerprint density at radius 1 is 1.05 bits per heavy atom. The number of hydrogen-bond donors (Lipinski definition) is 3. The topological polar surface area (TPSA) is 138 Å². The molecule has 2 aliphatic rings. The van der Waals surface area contributed by atoms with Crippen LogP contribution in [0, 0.1) is 12.8 Å². The summed E-state index contributed by atoms with van der Waals surface area (Å²) in [6.45, 7) is 5.62. The predicted molar refractivity (Wildman–Crippen MR) is 118 cm³/mol. The highest BCUT2D eigenvalue weighted by molar-refractivity contribution is 5.73. The number of halogens is 6. The number of furan rings is 1. The number of aryl methyl sites for hydroxylation is 1. The first kappa shape index (κ1) is 30.8. The second-order valence-corrected chi connectivity index (χ2v) is 8.43. The molecule has 0 aromatic carbocycles. The average Bonchev–Trinajstić information content (AvgIpc) is 3.33. The molecule has 212 valence electrons. The zero-order chi connectivity index (χ0) is 28.5. The van der Waals surface area contributed by atoms with Gasteiger partial charge in [0.1, 0.15) is 11.6 Å². The largest absolute Gasteiger partial charge is 0.490 e. The van der Waals surface area contributed by atoms with Crippen LogP contribution in [-0.4, -0.2) is 81.4 Å². The third-order valence-corrected chi connectivity index (χ3v) is 5.41. The van der Waals surface area contributed by atoms with E-state index in [2.05, 4.69) is 20.4 Å². The monoisotopic (exact) mass is 556 g/mol. The molecular formula is C22H26F6N4O6. The van der Waals surface area contributed by atoms with Crippen molar-refractivity contribution in [1.29, 1.82) is 0 Å². The summed E-state index contributed by atoms with van der Waals surface area (Å²) in [5.74, 6) is -3.13. The average molecular weight is 556 g/mol. The fourth-order valence-corrected chi connectivity index (χ4v) is 3.84. The number of hydrogen-bond acceptors (Lipinski definition) is 8. The second kappa shape index (κ2) is 13.4. The molecule has 0 amide bonds. The standard InChI is InChI=1S/C18H24N4O2.2C2HF3O2/c1-13-6-7-17(21-20-13)19-16-12-22(11-15-5-3-8-23-15)10-14-4-2-9-24-18(14)16;2*3-2(4,5)1(6)7/h3,5-8,14,16,18H,2,4,9-12H2,1H3,(H,19,21);2*(H,6,7)/t14-,16+,18-;;/m0../s1. The molecule has 2 saturated heterocycles. The molecule has 2 fully saturated rings. The number of likely N-dealkylation sites (tertiary alicyclic amines) is 1. The summed E-state index contributed by atoms with van der Waals surface area (Å²) in [4.78, 5) is 20.2. The van der Waals surface area contributed by atoms with Crippen LogP contribution in [0.1, 0.15) is 24.3 Å². The lowest BCUT2D eigenvalue weighted by Gasteiger charge is -2.45. The van der Waals surface area contributed by atoms with Gasteiger partial charge in [0.2, 0.25) is 0 Å². The van der Waals surface area contributed by atoms with Gasteiger partial charge in [0.25, 0.3) is 0 Å². The summed E-state index contributed by atoms with van der Waals surface area (Å²) >= 11 is 0. The number of fused-ring (bicyclic) bond motifs is 1. The van der Waals surface area contributed by atoms with Gasteiger partial charge in [0.05, 0.1) is 30.6 Å². The summed E-state index contributed by atoms with van der Waals surface area (Å²) in [6, 6.07) is 8.18. The van der Waals surface area contributed by atoms with E-state index in [1.54, 1.807) is 6.26 Å². The van der Waals surface area contributed by atoms with Gasteiger partial charge in [-0.05, 0) is 49.9 Å². The molecule has 2 aromatic rings. The Balaban J connectivity index is 0.000000301. The van der Waals surface area contributed by atoms with Crippen LogP contribution in [0.2, 0.25) is 0 Å². The van der Waals surface area contributed by atoms with E-state index >= 15 is 0 Å². The fraction of sp³-hybridized carbons (Fsp3) is 0.545. The molecule has 4 rings (SSSR count). The molecule has 4 heterocycles. The number of rotatable bonds is 4. The van der Waals surface area contributed by atoms with E-state index in [0.717, 1.165) is 49.9 Å². The molecule has 2 aliphatic heterocycles. The van der Waals surface area contributed by atoms with Gasteiger partial charge in [-0.15, -0.1) is 5.10 Å². The van der Waals surface area contributed by atoms with Crippen molar-refractivity contribution in [3.8, 4) is 0 Å². The van der Waals surface area contributed by atoms with Crippen LogP contribution in [0.4, 0.5) is 32.2 Å². The van der Waals surface area contributed by atoms with Gasteiger partial charge in [-0.3, -0.25) is 4.90 Å². The van der Waals surface area contributed by atoms with Crippen LogP contribution < -0.4 is 5.32 Å². The maximum Gasteiger partial charge on any atom is 0.490 e. The Labute approximate surface area is 212 Å². The predicted octanol–water partition coefficient (Wildman–Crippen LogP) is 3.74. The SMILES string of the molecule is Cc1ccc(N[C@@H]2CN(Cc3ccco3)C[C@@H]3CCCO[C@@H]32)nn1.O=C(O)C(F)(F)F.O=C(O)C(F)(F)F. The number of carboxylic acid groups (broad SMARTS) is 2. The van der Waals surface area contributed by atoms with Gasteiger partial charge in [-0.1, -0.05) is 0 Å². The van der Waals surface area contributed by atoms with Gasteiger partial charge >= 0.3 is 24.3 Å². The molecule has 3 N–H and O–H groups in total. The molecule has 0 spiro atoms. The summed E-state index contributed by atoms with van der Waals surface area (Å²) in [7, 11) is 0. The Morgan fingerprint density at radius 3 is 2.18 bits per heavy atom.